The fourth-order valence-corrected chi connectivity index (χ4v) is 4.80. The van der Waals surface area contributed by atoms with Crippen LogP contribution in [0.5, 0.6) is 0 Å². The van der Waals surface area contributed by atoms with Crippen LogP contribution in [0.1, 0.15) is 35.3 Å². The molecule has 176 valence electrons. The highest BCUT2D eigenvalue weighted by molar-refractivity contribution is 6.00. The molecule has 1 saturated carbocycles. The maximum Gasteiger partial charge on any atom is 0.434 e. The summed E-state index contributed by atoms with van der Waals surface area (Å²) in [6, 6.07) is 5.16. The third-order valence-corrected chi connectivity index (χ3v) is 6.33. The minimum atomic E-state index is -4.56. The Morgan fingerprint density at radius 2 is 1.85 bits per heavy atom. The summed E-state index contributed by atoms with van der Waals surface area (Å²) < 4.78 is 52.4. The van der Waals surface area contributed by atoms with Crippen LogP contribution < -0.4 is 5.32 Å². The topological polar surface area (TPSA) is 83.9 Å². The van der Waals surface area contributed by atoms with Crippen molar-refractivity contribution in [1.82, 2.24) is 24.8 Å². The molecule has 2 aromatic heterocycles. The van der Waals surface area contributed by atoms with Crippen LogP contribution >= 0.6 is 0 Å². The third-order valence-electron chi connectivity index (χ3n) is 6.33. The molecule has 4 heterocycles. The Labute approximate surface area is 192 Å². The highest BCUT2D eigenvalue weighted by atomic mass is 19.4. The van der Waals surface area contributed by atoms with Gasteiger partial charge in [-0.3, -0.25) is 4.79 Å². The number of amides is 1. The molecule has 2 aliphatic heterocycles. The van der Waals surface area contributed by atoms with Gasteiger partial charge in [0.05, 0.1) is 24.0 Å². The first-order valence-electron chi connectivity index (χ1n) is 10.8. The van der Waals surface area contributed by atoms with Crippen LogP contribution in [0, 0.1) is 11.7 Å². The number of carbonyl (C=O) groups is 1. The SMILES string of the molecule is O=C(c1ccc(F)cc1-c1ncccn1)N1CC2CC[C@@H]1C(Nc1cnc(C(F)(F)F)cn1)C2. The number of rotatable bonds is 4. The predicted molar refractivity (Wildman–Crippen MR) is 114 cm³/mol. The molecule has 3 fully saturated rings. The summed E-state index contributed by atoms with van der Waals surface area (Å²) in [5.74, 6) is -0.0622. The molecule has 6 rings (SSSR count). The second-order valence-corrected chi connectivity index (χ2v) is 8.50. The average molecular weight is 472 g/mol. The van der Waals surface area contributed by atoms with Gasteiger partial charge in [-0.15, -0.1) is 0 Å². The number of nitrogens with zero attached hydrogens (tertiary/aromatic N) is 5. The van der Waals surface area contributed by atoms with Crippen LogP contribution in [0.2, 0.25) is 0 Å². The van der Waals surface area contributed by atoms with Crippen LogP contribution in [-0.4, -0.2) is 49.4 Å². The van der Waals surface area contributed by atoms with E-state index in [-0.39, 0.29) is 35.6 Å². The number of anilines is 1. The lowest BCUT2D eigenvalue weighted by molar-refractivity contribution is -0.141. The number of alkyl halides is 3. The Balaban J connectivity index is 1.40. The summed E-state index contributed by atoms with van der Waals surface area (Å²) in [5, 5.41) is 3.16. The Kier molecular flexibility index (Phi) is 5.62. The average Bonchev–Trinajstić information content (AvgIpc) is 2.84. The molecule has 11 heteroatoms. The third kappa shape index (κ3) is 4.29. The van der Waals surface area contributed by atoms with Gasteiger partial charge < -0.3 is 10.2 Å². The van der Waals surface area contributed by atoms with Crippen molar-refractivity contribution in [2.45, 2.75) is 37.5 Å². The van der Waals surface area contributed by atoms with Crippen molar-refractivity contribution >= 4 is 11.7 Å². The molecule has 1 aliphatic carbocycles. The van der Waals surface area contributed by atoms with E-state index >= 15 is 0 Å². The molecule has 2 bridgehead atoms. The van der Waals surface area contributed by atoms with Gasteiger partial charge in [0, 0.05) is 30.5 Å². The first-order valence-corrected chi connectivity index (χ1v) is 10.8. The molecule has 0 radical (unpaired) electrons. The number of halogens is 4. The molecule has 34 heavy (non-hydrogen) atoms. The zero-order chi connectivity index (χ0) is 23.9. The highest BCUT2D eigenvalue weighted by Crippen LogP contribution is 2.38. The number of benzene rings is 1. The van der Waals surface area contributed by atoms with E-state index < -0.39 is 17.7 Å². The fourth-order valence-electron chi connectivity index (χ4n) is 4.80. The lowest BCUT2D eigenvalue weighted by atomic mass is 9.76. The van der Waals surface area contributed by atoms with Gasteiger partial charge in [0.2, 0.25) is 0 Å². The van der Waals surface area contributed by atoms with Gasteiger partial charge in [0.25, 0.3) is 5.91 Å². The number of hydrogen-bond donors (Lipinski definition) is 1. The van der Waals surface area contributed by atoms with Crippen molar-refractivity contribution in [1.29, 1.82) is 0 Å². The lowest BCUT2D eigenvalue weighted by Crippen LogP contribution is -2.59. The van der Waals surface area contributed by atoms with Gasteiger partial charge in [0.1, 0.15) is 11.6 Å². The van der Waals surface area contributed by atoms with Crippen molar-refractivity contribution in [3.63, 3.8) is 0 Å². The van der Waals surface area contributed by atoms with Crippen molar-refractivity contribution in [3.05, 3.63) is 66.1 Å². The largest absolute Gasteiger partial charge is 0.434 e. The van der Waals surface area contributed by atoms with E-state index in [0.717, 1.165) is 25.5 Å². The zero-order valence-corrected chi connectivity index (χ0v) is 17.8. The number of aromatic nitrogens is 4. The van der Waals surface area contributed by atoms with E-state index in [1.807, 2.05) is 0 Å². The predicted octanol–water partition coefficient (Wildman–Crippen LogP) is 4.20. The summed E-state index contributed by atoms with van der Waals surface area (Å²) in [5.41, 5.74) is -0.453. The smallest absolute Gasteiger partial charge is 0.364 e. The van der Waals surface area contributed by atoms with Gasteiger partial charge in [-0.1, -0.05) is 0 Å². The molecule has 2 saturated heterocycles. The van der Waals surface area contributed by atoms with Crippen molar-refractivity contribution in [3.8, 4) is 11.4 Å². The summed E-state index contributed by atoms with van der Waals surface area (Å²) >= 11 is 0. The molecular formula is C23H20F4N6O. The number of piperidine rings is 2. The molecule has 3 atom stereocenters. The van der Waals surface area contributed by atoms with E-state index in [1.165, 1.54) is 30.6 Å². The van der Waals surface area contributed by atoms with Crippen molar-refractivity contribution in [2.75, 3.05) is 11.9 Å². The van der Waals surface area contributed by atoms with Gasteiger partial charge in [-0.05, 0) is 49.4 Å². The molecule has 7 nitrogen and oxygen atoms in total. The Morgan fingerprint density at radius 3 is 2.53 bits per heavy atom. The summed E-state index contributed by atoms with van der Waals surface area (Å²) in [4.78, 5) is 31.0. The van der Waals surface area contributed by atoms with Crippen molar-refractivity contribution in [2.24, 2.45) is 5.92 Å². The molecule has 1 N–H and O–H groups in total. The van der Waals surface area contributed by atoms with Crippen LogP contribution in [-0.2, 0) is 6.18 Å². The molecule has 1 amide bonds. The Morgan fingerprint density at radius 1 is 1.06 bits per heavy atom. The van der Waals surface area contributed by atoms with E-state index in [0.29, 0.717) is 23.9 Å². The molecule has 3 aliphatic rings. The number of hydrogen-bond acceptors (Lipinski definition) is 6. The van der Waals surface area contributed by atoms with Crippen LogP contribution in [0.4, 0.5) is 23.4 Å². The Hall–Kier alpha value is -3.63. The maximum atomic E-state index is 14.0. The molecule has 1 aromatic carbocycles. The normalized spacial score (nSPS) is 22.0. The van der Waals surface area contributed by atoms with Crippen LogP contribution in [0.3, 0.4) is 0 Å². The molecular weight excluding hydrogens is 452 g/mol. The number of fused-ring (bicyclic) bond motifs is 3. The second-order valence-electron chi connectivity index (χ2n) is 8.50. The van der Waals surface area contributed by atoms with Gasteiger partial charge in [-0.25, -0.2) is 24.3 Å². The second kappa shape index (κ2) is 8.62. The number of nitrogens with one attached hydrogen (secondary N) is 1. The number of carbonyl (C=O) groups excluding carboxylic acids is 1. The Bertz CT molecular complexity index is 1190. The minimum Gasteiger partial charge on any atom is -0.364 e. The molecule has 3 aromatic rings. The first kappa shape index (κ1) is 22.2. The zero-order valence-electron chi connectivity index (χ0n) is 17.8. The maximum absolute atomic E-state index is 14.0. The van der Waals surface area contributed by atoms with Crippen LogP contribution in [0.25, 0.3) is 11.4 Å². The monoisotopic (exact) mass is 472 g/mol. The lowest BCUT2D eigenvalue weighted by Gasteiger charge is -2.50. The summed E-state index contributed by atoms with van der Waals surface area (Å²) in [7, 11) is 0. The van der Waals surface area contributed by atoms with E-state index in [9.17, 15) is 22.4 Å². The standard InChI is InChI=1S/C23H20F4N6O/c24-14-3-4-15(16(9-14)21-28-6-1-7-29-21)22(34)33-12-13-2-5-18(33)17(8-13)32-20-11-30-19(10-31-20)23(25,26)27/h1,3-4,6-7,9-11,13,17-18H,2,5,8,12H2,(H,31,32)/t13?,17?,18-/m1/s1. The minimum absolute atomic E-state index is 0.195. The van der Waals surface area contributed by atoms with Crippen molar-refractivity contribution < 1.29 is 22.4 Å². The molecule has 0 spiro atoms. The van der Waals surface area contributed by atoms with E-state index in [2.05, 4.69) is 25.3 Å². The molecule has 2 unspecified atom stereocenters. The summed E-state index contributed by atoms with van der Waals surface area (Å²) in [6.45, 7) is 0.548. The summed E-state index contributed by atoms with van der Waals surface area (Å²) in [6.07, 6.45) is 2.68. The van der Waals surface area contributed by atoms with E-state index in [1.54, 1.807) is 11.0 Å². The van der Waals surface area contributed by atoms with Gasteiger partial charge >= 0.3 is 6.18 Å². The first-order chi connectivity index (χ1) is 16.3. The van der Waals surface area contributed by atoms with Gasteiger partial charge in [0.15, 0.2) is 11.5 Å². The fraction of sp³-hybridized carbons (Fsp3) is 0.348. The van der Waals surface area contributed by atoms with E-state index in [4.69, 9.17) is 0 Å². The van der Waals surface area contributed by atoms with Gasteiger partial charge in [-0.2, -0.15) is 13.2 Å². The van der Waals surface area contributed by atoms with Crippen LogP contribution in [0.15, 0.2) is 49.1 Å². The highest BCUT2D eigenvalue weighted by Gasteiger charge is 2.43. The quantitative estimate of drug-likeness (QED) is 0.573.